The van der Waals surface area contributed by atoms with E-state index < -0.39 is 0 Å². The quantitative estimate of drug-likeness (QED) is 0.807. The van der Waals surface area contributed by atoms with Gasteiger partial charge in [0.2, 0.25) is 0 Å². The number of benzene rings is 2. The Bertz CT molecular complexity index is 857. The largest absolute Gasteiger partial charge is 0.349 e. The predicted octanol–water partition coefficient (Wildman–Crippen LogP) is 2.55. The van der Waals surface area contributed by atoms with Crippen LogP contribution in [0.5, 0.6) is 0 Å². The highest BCUT2D eigenvalue weighted by Gasteiger charge is 2.20. The minimum atomic E-state index is -0.0331. The lowest BCUT2D eigenvalue weighted by Crippen LogP contribution is -2.38. The van der Waals surface area contributed by atoms with Crippen molar-refractivity contribution in [3.05, 3.63) is 77.9 Å². The van der Waals surface area contributed by atoms with E-state index in [0.29, 0.717) is 5.56 Å². The summed E-state index contributed by atoms with van der Waals surface area (Å²) in [7, 11) is 0. The van der Waals surface area contributed by atoms with E-state index in [2.05, 4.69) is 39.8 Å². The topological polar surface area (TPSA) is 59.8 Å². The maximum absolute atomic E-state index is 12.6. The zero-order chi connectivity index (χ0) is 16.4. The van der Waals surface area contributed by atoms with Crippen molar-refractivity contribution in [3.63, 3.8) is 0 Å². The third-order valence-corrected chi connectivity index (χ3v) is 4.51. The molecule has 0 spiro atoms. The molecule has 120 valence electrons. The molecule has 1 heterocycles. The number of carbonyl (C=O) groups is 1. The zero-order valence-corrected chi connectivity index (χ0v) is 13.2. The third-order valence-electron chi connectivity index (χ3n) is 4.51. The van der Waals surface area contributed by atoms with Gasteiger partial charge in [-0.3, -0.25) is 9.36 Å². The maximum Gasteiger partial charge on any atom is 0.251 e. The number of aryl methyl sites for hydroxylation is 1. The molecule has 5 nitrogen and oxygen atoms in total. The normalized spacial score (nSPS) is 16.4. The minimum Gasteiger partial charge on any atom is -0.349 e. The summed E-state index contributed by atoms with van der Waals surface area (Å²) in [4.78, 5) is 12.6. The van der Waals surface area contributed by atoms with E-state index in [1.807, 2.05) is 24.3 Å². The fourth-order valence-electron chi connectivity index (χ4n) is 3.23. The first-order valence-corrected chi connectivity index (χ1v) is 8.12. The smallest absolute Gasteiger partial charge is 0.251 e. The van der Waals surface area contributed by atoms with E-state index >= 15 is 0 Å². The monoisotopic (exact) mass is 318 g/mol. The van der Waals surface area contributed by atoms with Crippen LogP contribution in [0.2, 0.25) is 0 Å². The lowest BCUT2D eigenvalue weighted by Gasteiger charge is -2.25. The van der Waals surface area contributed by atoms with Gasteiger partial charge in [-0.1, -0.05) is 30.3 Å². The number of rotatable bonds is 3. The van der Waals surface area contributed by atoms with E-state index in [9.17, 15) is 4.79 Å². The highest BCUT2D eigenvalue weighted by atomic mass is 16.1. The Morgan fingerprint density at radius 3 is 2.67 bits per heavy atom. The average molecular weight is 318 g/mol. The number of aromatic nitrogens is 3. The van der Waals surface area contributed by atoms with Crippen molar-refractivity contribution in [2.45, 2.75) is 25.3 Å². The molecule has 1 aromatic heterocycles. The van der Waals surface area contributed by atoms with Gasteiger partial charge in [0, 0.05) is 17.3 Å². The number of amides is 1. The van der Waals surface area contributed by atoms with Gasteiger partial charge in [0.05, 0.1) is 0 Å². The van der Waals surface area contributed by atoms with Crippen LogP contribution in [0.25, 0.3) is 5.69 Å². The molecule has 2 aromatic carbocycles. The second-order valence-corrected chi connectivity index (χ2v) is 6.10. The maximum atomic E-state index is 12.6. The molecule has 1 atom stereocenters. The van der Waals surface area contributed by atoms with Gasteiger partial charge in [-0.15, -0.1) is 10.2 Å². The van der Waals surface area contributed by atoms with Crippen molar-refractivity contribution in [2.75, 3.05) is 0 Å². The highest BCUT2D eigenvalue weighted by Crippen LogP contribution is 2.21. The van der Waals surface area contributed by atoms with Crippen molar-refractivity contribution in [1.82, 2.24) is 20.1 Å². The van der Waals surface area contributed by atoms with Crippen molar-refractivity contribution in [1.29, 1.82) is 0 Å². The Balaban J connectivity index is 1.48. The van der Waals surface area contributed by atoms with Crippen LogP contribution in [0.15, 0.2) is 61.2 Å². The van der Waals surface area contributed by atoms with Gasteiger partial charge in [0.15, 0.2) is 0 Å². The fraction of sp³-hybridized carbons (Fsp3) is 0.211. The van der Waals surface area contributed by atoms with E-state index in [1.165, 1.54) is 11.1 Å². The summed E-state index contributed by atoms with van der Waals surface area (Å²) in [5.74, 6) is -0.0331. The Morgan fingerprint density at radius 2 is 1.83 bits per heavy atom. The second kappa shape index (κ2) is 6.28. The van der Waals surface area contributed by atoms with Crippen LogP contribution < -0.4 is 5.32 Å². The molecule has 4 rings (SSSR count). The Labute approximate surface area is 140 Å². The molecule has 0 saturated heterocycles. The Hall–Kier alpha value is -2.95. The Morgan fingerprint density at radius 1 is 1.04 bits per heavy atom. The molecule has 3 aromatic rings. The number of hydrogen-bond donors (Lipinski definition) is 1. The molecule has 1 aliphatic rings. The number of hydrogen-bond acceptors (Lipinski definition) is 3. The van der Waals surface area contributed by atoms with Gasteiger partial charge in [0.25, 0.3) is 5.91 Å². The molecule has 5 heteroatoms. The second-order valence-electron chi connectivity index (χ2n) is 6.10. The first-order valence-electron chi connectivity index (χ1n) is 8.12. The molecule has 0 unspecified atom stereocenters. The number of nitrogens with one attached hydrogen (secondary N) is 1. The van der Waals surface area contributed by atoms with Crippen LogP contribution in [0.3, 0.4) is 0 Å². The molecule has 0 aliphatic heterocycles. The summed E-state index contributed by atoms with van der Waals surface area (Å²) >= 11 is 0. The first-order chi connectivity index (χ1) is 11.8. The van der Waals surface area contributed by atoms with Gasteiger partial charge >= 0.3 is 0 Å². The summed E-state index contributed by atoms with van der Waals surface area (Å²) in [6.45, 7) is 0. The third kappa shape index (κ3) is 2.93. The average Bonchev–Trinajstić information content (AvgIpc) is 3.16. The number of carbonyl (C=O) groups excluding carboxylic acids is 1. The summed E-state index contributed by atoms with van der Waals surface area (Å²) in [5, 5.41) is 10.8. The van der Waals surface area contributed by atoms with Crippen LogP contribution in [0, 0.1) is 0 Å². The molecule has 0 saturated carbocycles. The van der Waals surface area contributed by atoms with Crippen molar-refractivity contribution < 1.29 is 4.79 Å². The molecule has 1 N–H and O–H groups in total. The summed E-state index contributed by atoms with van der Waals surface area (Å²) in [6.07, 6.45) is 6.13. The molecular formula is C19H18N4O. The fourth-order valence-corrected chi connectivity index (χ4v) is 3.23. The molecule has 0 bridgehead atoms. The van der Waals surface area contributed by atoms with Crippen molar-refractivity contribution >= 4 is 5.91 Å². The Kier molecular flexibility index (Phi) is 3.83. The molecule has 1 amide bonds. The first kappa shape index (κ1) is 14.6. The molecule has 1 aliphatic carbocycles. The van der Waals surface area contributed by atoms with Crippen LogP contribution >= 0.6 is 0 Å². The van der Waals surface area contributed by atoms with E-state index in [0.717, 1.165) is 24.9 Å². The van der Waals surface area contributed by atoms with Gasteiger partial charge in [-0.25, -0.2) is 0 Å². The summed E-state index contributed by atoms with van der Waals surface area (Å²) in [6, 6.07) is 16.1. The summed E-state index contributed by atoms with van der Waals surface area (Å²) in [5.41, 5.74) is 4.27. The van der Waals surface area contributed by atoms with Gasteiger partial charge < -0.3 is 5.32 Å². The molecule has 0 radical (unpaired) electrons. The van der Waals surface area contributed by atoms with Gasteiger partial charge in [0.1, 0.15) is 12.7 Å². The standard InChI is InChI=1S/C19H18N4O/c24-19(16-6-3-7-18(11-16)23-12-20-21-13-23)22-17-9-8-14-4-1-2-5-15(14)10-17/h1-7,11-13,17H,8-10H2,(H,22,24)/t17-/m1/s1. The molecule has 24 heavy (non-hydrogen) atoms. The lowest BCUT2D eigenvalue weighted by molar-refractivity contribution is 0.0933. The number of nitrogens with zero attached hydrogens (tertiary/aromatic N) is 3. The summed E-state index contributed by atoms with van der Waals surface area (Å²) < 4.78 is 1.79. The van der Waals surface area contributed by atoms with Crippen LogP contribution in [0.1, 0.15) is 27.9 Å². The predicted molar refractivity (Wildman–Crippen MR) is 91.1 cm³/mol. The number of fused-ring (bicyclic) bond motifs is 1. The van der Waals surface area contributed by atoms with Crippen molar-refractivity contribution in [2.24, 2.45) is 0 Å². The highest BCUT2D eigenvalue weighted by molar-refractivity contribution is 5.95. The lowest BCUT2D eigenvalue weighted by atomic mass is 9.88. The molecule has 0 fully saturated rings. The zero-order valence-electron chi connectivity index (χ0n) is 13.2. The SMILES string of the molecule is O=C(N[C@@H]1CCc2ccccc2C1)c1cccc(-n2cnnc2)c1. The van der Waals surface area contributed by atoms with Crippen molar-refractivity contribution in [3.8, 4) is 5.69 Å². The van der Waals surface area contributed by atoms with E-state index in [4.69, 9.17) is 0 Å². The van der Waals surface area contributed by atoms with Crippen LogP contribution in [-0.2, 0) is 12.8 Å². The van der Waals surface area contributed by atoms with E-state index in [-0.39, 0.29) is 11.9 Å². The molecular weight excluding hydrogens is 300 g/mol. The minimum absolute atomic E-state index is 0.0331. The van der Waals surface area contributed by atoms with Crippen LogP contribution in [-0.4, -0.2) is 26.7 Å². The van der Waals surface area contributed by atoms with Gasteiger partial charge in [-0.05, 0) is 48.6 Å². The van der Waals surface area contributed by atoms with E-state index in [1.54, 1.807) is 17.2 Å². The van der Waals surface area contributed by atoms with Crippen LogP contribution in [0.4, 0.5) is 0 Å². The van der Waals surface area contributed by atoms with Gasteiger partial charge in [-0.2, -0.15) is 0 Å².